The van der Waals surface area contributed by atoms with Gasteiger partial charge in [0.15, 0.2) is 17.6 Å². The number of esters is 1. The molecule has 0 heterocycles. The standard InChI is InChI=1S/C19H22N2O5/c1-11-6-5-7-14(17(11)20)19(23)26-12(2)18(22)21-13-8-9-15(24-3)16(10-13)25-4/h5-10,12H,20H2,1-4H3,(H,21,22)/t12-/m1/s1. The highest BCUT2D eigenvalue weighted by Crippen LogP contribution is 2.29. The lowest BCUT2D eigenvalue weighted by molar-refractivity contribution is -0.123. The highest BCUT2D eigenvalue weighted by Gasteiger charge is 2.21. The van der Waals surface area contributed by atoms with Crippen molar-refractivity contribution in [1.82, 2.24) is 0 Å². The summed E-state index contributed by atoms with van der Waals surface area (Å²) in [6.45, 7) is 3.28. The van der Waals surface area contributed by atoms with Gasteiger partial charge in [0, 0.05) is 17.4 Å². The largest absolute Gasteiger partial charge is 0.493 e. The fourth-order valence-corrected chi connectivity index (χ4v) is 2.29. The van der Waals surface area contributed by atoms with Crippen molar-refractivity contribution < 1.29 is 23.8 Å². The Morgan fingerprint density at radius 3 is 2.42 bits per heavy atom. The number of amides is 1. The lowest BCUT2D eigenvalue weighted by Gasteiger charge is -2.15. The van der Waals surface area contributed by atoms with Gasteiger partial charge in [0.05, 0.1) is 19.8 Å². The van der Waals surface area contributed by atoms with Crippen LogP contribution in [0.4, 0.5) is 11.4 Å². The number of benzene rings is 2. The first-order chi connectivity index (χ1) is 12.4. The Labute approximate surface area is 152 Å². The highest BCUT2D eigenvalue weighted by atomic mass is 16.5. The van der Waals surface area contributed by atoms with Gasteiger partial charge in [-0.15, -0.1) is 0 Å². The molecular formula is C19H22N2O5. The van der Waals surface area contributed by atoms with Crippen molar-refractivity contribution >= 4 is 23.3 Å². The molecule has 2 aromatic carbocycles. The van der Waals surface area contributed by atoms with Crippen LogP contribution in [0.25, 0.3) is 0 Å². The molecule has 1 amide bonds. The van der Waals surface area contributed by atoms with Crippen LogP contribution in [0, 0.1) is 6.92 Å². The number of carbonyl (C=O) groups is 2. The molecule has 0 aliphatic carbocycles. The zero-order valence-electron chi connectivity index (χ0n) is 15.2. The molecule has 0 spiro atoms. The first-order valence-corrected chi connectivity index (χ1v) is 7.96. The minimum Gasteiger partial charge on any atom is -0.493 e. The molecule has 2 aromatic rings. The molecule has 0 aliphatic heterocycles. The van der Waals surface area contributed by atoms with Crippen LogP contribution >= 0.6 is 0 Å². The summed E-state index contributed by atoms with van der Waals surface area (Å²) in [5.41, 5.74) is 7.72. The van der Waals surface area contributed by atoms with Crippen molar-refractivity contribution in [3.05, 3.63) is 47.5 Å². The maximum Gasteiger partial charge on any atom is 0.341 e. The molecule has 2 rings (SSSR count). The molecule has 3 N–H and O–H groups in total. The summed E-state index contributed by atoms with van der Waals surface area (Å²) in [6, 6.07) is 9.99. The molecule has 0 radical (unpaired) electrons. The van der Waals surface area contributed by atoms with E-state index < -0.39 is 18.0 Å². The second-order valence-electron chi connectivity index (χ2n) is 5.64. The molecule has 26 heavy (non-hydrogen) atoms. The Hall–Kier alpha value is -3.22. The number of hydrogen-bond donors (Lipinski definition) is 2. The predicted molar refractivity (Wildman–Crippen MR) is 98.6 cm³/mol. The van der Waals surface area contributed by atoms with E-state index in [1.54, 1.807) is 43.3 Å². The molecule has 0 fully saturated rings. The lowest BCUT2D eigenvalue weighted by atomic mass is 10.1. The molecule has 0 unspecified atom stereocenters. The summed E-state index contributed by atoms with van der Waals surface area (Å²) < 4.78 is 15.6. The van der Waals surface area contributed by atoms with Crippen molar-refractivity contribution in [3.63, 3.8) is 0 Å². The Balaban J connectivity index is 2.05. The normalized spacial score (nSPS) is 11.4. The van der Waals surface area contributed by atoms with Gasteiger partial charge in [-0.2, -0.15) is 0 Å². The molecule has 7 nitrogen and oxygen atoms in total. The van der Waals surface area contributed by atoms with Crippen LogP contribution in [0.1, 0.15) is 22.8 Å². The number of nitrogens with two attached hydrogens (primary N) is 1. The van der Waals surface area contributed by atoms with Gasteiger partial charge in [-0.3, -0.25) is 4.79 Å². The van der Waals surface area contributed by atoms with E-state index in [2.05, 4.69) is 5.32 Å². The van der Waals surface area contributed by atoms with Crippen LogP contribution in [0.15, 0.2) is 36.4 Å². The van der Waals surface area contributed by atoms with E-state index in [1.807, 2.05) is 0 Å². The van der Waals surface area contributed by atoms with E-state index >= 15 is 0 Å². The number of para-hydroxylation sites is 1. The van der Waals surface area contributed by atoms with Crippen molar-refractivity contribution in [3.8, 4) is 11.5 Å². The zero-order valence-corrected chi connectivity index (χ0v) is 15.2. The first-order valence-electron chi connectivity index (χ1n) is 7.96. The fourth-order valence-electron chi connectivity index (χ4n) is 2.29. The van der Waals surface area contributed by atoms with E-state index in [0.717, 1.165) is 5.56 Å². The third kappa shape index (κ3) is 4.24. The van der Waals surface area contributed by atoms with Gasteiger partial charge in [0.25, 0.3) is 5.91 Å². The van der Waals surface area contributed by atoms with E-state index in [9.17, 15) is 9.59 Å². The number of rotatable bonds is 6. The Morgan fingerprint density at radius 2 is 1.77 bits per heavy atom. The molecule has 0 aromatic heterocycles. The molecule has 0 saturated carbocycles. The Kier molecular flexibility index (Phi) is 6.06. The van der Waals surface area contributed by atoms with Crippen LogP contribution in [0.5, 0.6) is 11.5 Å². The highest BCUT2D eigenvalue weighted by molar-refractivity contribution is 5.99. The number of nitrogens with one attached hydrogen (secondary N) is 1. The van der Waals surface area contributed by atoms with Crippen molar-refractivity contribution in [1.29, 1.82) is 0 Å². The summed E-state index contributed by atoms with van der Waals surface area (Å²) in [5.74, 6) is -0.111. The third-order valence-corrected chi connectivity index (χ3v) is 3.85. The smallest absolute Gasteiger partial charge is 0.341 e. The maximum atomic E-state index is 12.3. The molecule has 138 valence electrons. The first kappa shape index (κ1) is 19.1. The maximum absolute atomic E-state index is 12.3. The van der Waals surface area contributed by atoms with Gasteiger partial charge in [0.2, 0.25) is 0 Å². The van der Waals surface area contributed by atoms with Gasteiger partial charge in [-0.1, -0.05) is 12.1 Å². The fraction of sp³-hybridized carbons (Fsp3) is 0.263. The van der Waals surface area contributed by atoms with E-state index in [4.69, 9.17) is 19.9 Å². The summed E-state index contributed by atoms with van der Waals surface area (Å²) >= 11 is 0. The lowest BCUT2D eigenvalue weighted by Crippen LogP contribution is -2.30. The monoisotopic (exact) mass is 358 g/mol. The van der Waals surface area contributed by atoms with Crippen molar-refractivity contribution in [2.45, 2.75) is 20.0 Å². The SMILES string of the molecule is COc1ccc(NC(=O)[C@@H](C)OC(=O)c2cccc(C)c2N)cc1OC. The molecular weight excluding hydrogens is 336 g/mol. The van der Waals surface area contributed by atoms with E-state index in [-0.39, 0.29) is 5.56 Å². The summed E-state index contributed by atoms with van der Waals surface area (Å²) in [5, 5.41) is 2.67. The molecule has 0 bridgehead atoms. The number of anilines is 2. The average Bonchev–Trinajstić information content (AvgIpc) is 2.63. The minimum absolute atomic E-state index is 0.232. The Bertz CT molecular complexity index is 820. The topological polar surface area (TPSA) is 99.9 Å². The zero-order chi connectivity index (χ0) is 19.3. The molecule has 0 aliphatic rings. The molecule has 1 atom stereocenters. The molecule has 0 saturated heterocycles. The van der Waals surface area contributed by atoms with Gasteiger partial charge in [-0.25, -0.2) is 4.79 Å². The van der Waals surface area contributed by atoms with Crippen LogP contribution < -0.4 is 20.5 Å². The van der Waals surface area contributed by atoms with Crippen molar-refractivity contribution in [2.75, 3.05) is 25.3 Å². The predicted octanol–water partition coefficient (Wildman–Crippen LogP) is 2.78. The Morgan fingerprint density at radius 1 is 1.08 bits per heavy atom. The van der Waals surface area contributed by atoms with E-state index in [0.29, 0.717) is 22.9 Å². The average molecular weight is 358 g/mol. The number of hydrogen-bond acceptors (Lipinski definition) is 6. The van der Waals surface area contributed by atoms with Gasteiger partial charge in [0.1, 0.15) is 0 Å². The number of aryl methyl sites for hydroxylation is 1. The number of methoxy groups -OCH3 is 2. The summed E-state index contributed by atoms with van der Waals surface area (Å²) in [4.78, 5) is 24.5. The third-order valence-electron chi connectivity index (χ3n) is 3.85. The number of nitrogen functional groups attached to an aromatic ring is 1. The van der Waals surface area contributed by atoms with Crippen LogP contribution in [-0.4, -0.2) is 32.2 Å². The summed E-state index contributed by atoms with van der Waals surface area (Å²) in [6.07, 6.45) is -1.00. The number of ether oxygens (including phenoxy) is 3. The quantitative estimate of drug-likeness (QED) is 0.608. The second-order valence-corrected chi connectivity index (χ2v) is 5.64. The van der Waals surface area contributed by atoms with Gasteiger partial charge < -0.3 is 25.3 Å². The second kappa shape index (κ2) is 8.24. The number of carbonyl (C=O) groups excluding carboxylic acids is 2. The van der Waals surface area contributed by atoms with Crippen molar-refractivity contribution in [2.24, 2.45) is 0 Å². The van der Waals surface area contributed by atoms with Gasteiger partial charge in [-0.05, 0) is 37.6 Å². The van der Waals surface area contributed by atoms with Crippen LogP contribution in [0.2, 0.25) is 0 Å². The van der Waals surface area contributed by atoms with Crippen LogP contribution in [0.3, 0.4) is 0 Å². The van der Waals surface area contributed by atoms with Crippen LogP contribution in [-0.2, 0) is 9.53 Å². The van der Waals surface area contributed by atoms with Gasteiger partial charge >= 0.3 is 5.97 Å². The van der Waals surface area contributed by atoms with E-state index in [1.165, 1.54) is 21.1 Å². The molecule has 7 heteroatoms. The summed E-state index contributed by atoms with van der Waals surface area (Å²) in [7, 11) is 3.02. The minimum atomic E-state index is -1.00.